The molecule has 4 rings (SSSR count). The van der Waals surface area contributed by atoms with E-state index in [-0.39, 0.29) is 29.3 Å². The number of nitrogens with zero attached hydrogens (tertiary/aromatic N) is 1. The Bertz CT molecular complexity index is 848. The number of halogens is 3. The van der Waals surface area contributed by atoms with Gasteiger partial charge >= 0.3 is 0 Å². The zero-order valence-electron chi connectivity index (χ0n) is 13.5. The van der Waals surface area contributed by atoms with Gasteiger partial charge in [0.05, 0.1) is 42.4 Å². The zero-order chi connectivity index (χ0) is 18.3. The maximum Gasteiger partial charge on any atom is 0.187 e. The third-order valence-corrected chi connectivity index (χ3v) is 5.39. The lowest BCUT2D eigenvalue weighted by Crippen LogP contribution is -2.16. The molecule has 0 bridgehead atoms. The van der Waals surface area contributed by atoms with Gasteiger partial charge in [0, 0.05) is 11.6 Å². The summed E-state index contributed by atoms with van der Waals surface area (Å²) in [4.78, 5) is 4.00. The van der Waals surface area contributed by atoms with E-state index in [0.717, 1.165) is 0 Å². The predicted molar refractivity (Wildman–Crippen MR) is 96.1 cm³/mol. The van der Waals surface area contributed by atoms with Crippen LogP contribution in [-0.2, 0) is 9.47 Å². The Morgan fingerprint density at radius 3 is 2.85 bits per heavy atom. The summed E-state index contributed by atoms with van der Waals surface area (Å²) in [5.74, 6) is 0.594. The van der Waals surface area contributed by atoms with Crippen molar-refractivity contribution in [2.75, 3.05) is 32.2 Å². The second-order valence-corrected chi connectivity index (χ2v) is 7.12. The normalized spacial score (nSPS) is 19.4. The highest BCUT2D eigenvalue weighted by molar-refractivity contribution is 9.10. The average molecular weight is 446 g/mol. The molecule has 2 aromatic rings. The minimum atomic E-state index is -0.731. The monoisotopic (exact) mass is 444 g/mol. The summed E-state index contributed by atoms with van der Waals surface area (Å²) in [6.45, 7) is 1.45. The van der Waals surface area contributed by atoms with E-state index >= 15 is 0 Å². The van der Waals surface area contributed by atoms with Gasteiger partial charge in [-0.3, -0.25) is 0 Å². The Morgan fingerprint density at radius 1 is 1.31 bits per heavy atom. The van der Waals surface area contributed by atoms with E-state index in [1.165, 1.54) is 6.07 Å². The van der Waals surface area contributed by atoms with Crippen LogP contribution in [0.2, 0.25) is 5.15 Å². The minimum absolute atomic E-state index is 0.180. The van der Waals surface area contributed by atoms with Gasteiger partial charge in [0.15, 0.2) is 17.9 Å². The molecule has 6 nitrogen and oxygen atoms in total. The smallest absolute Gasteiger partial charge is 0.187 e. The highest BCUT2D eigenvalue weighted by Crippen LogP contribution is 2.43. The number of hydrogen-bond donors (Lipinski definition) is 1. The second-order valence-electron chi connectivity index (χ2n) is 5.91. The number of ether oxygens (including phenoxy) is 4. The molecule has 1 aromatic carbocycles. The van der Waals surface area contributed by atoms with Crippen LogP contribution in [0, 0.1) is 5.82 Å². The van der Waals surface area contributed by atoms with Gasteiger partial charge in [0.25, 0.3) is 0 Å². The predicted octanol–water partition coefficient (Wildman–Crippen LogP) is 3.82. The Morgan fingerprint density at radius 2 is 2.08 bits per heavy atom. The van der Waals surface area contributed by atoms with Crippen molar-refractivity contribution in [2.24, 2.45) is 0 Å². The van der Waals surface area contributed by atoms with Crippen LogP contribution in [-0.4, -0.2) is 31.4 Å². The van der Waals surface area contributed by atoms with E-state index in [2.05, 4.69) is 20.9 Å². The SMILES string of the molecule is Nc1nc(Cl)c(Br)cc1OCC1COc2ccc(F)c(C3OCCO3)c21. The topological polar surface area (TPSA) is 75.8 Å². The van der Waals surface area contributed by atoms with Crippen molar-refractivity contribution in [1.29, 1.82) is 0 Å². The van der Waals surface area contributed by atoms with Crippen LogP contribution in [0.5, 0.6) is 11.5 Å². The molecule has 1 fully saturated rings. The average Bonchev–Trinajstić information content (AvgIpc) is 3.27. The molecule has 26 heavy (non-hydrogen) atoms. The molecule has 0 amide bonds. The molecule has 2 aliphatic heterocycles. The van der Waals surface area contributed by atoms with Gasteiger partial charge in [-0.2, -0.15) is 0 Å². The second kappa shape index (κ2) is 7.19. The first kappa shape index (κ1) is 17.8. The fourth-order valence-electron chi connectivity index (χ4n) is 3.08. The molecule has 3 heterocycles. The zero-order valence-corrected chi connectivity index (χ0v) is 15.8. The van der Waals surface area contributed by atoms with Gasteiger partial charge in [-0.1, -0.05) is 11.6 Å². The number of aromatic nitrogens is 1. The third kappa shape index (κ3) is 3.22. The van der Waals surface area contributed by atoms with E-state index in [1.54, 1.807) is 12.1 Å². The molecule has 9 heteroatoms. The Hall–Kier alpha value is -1.61. The maximum atomic E-state index is 14.5. The highest BCUT2D eigenvalue weighted by Gasteiger charge is 2.35. The first-order chi connectivity index (χ1) is 12.5. The minimum Gasteiger partial charge on any atom is -0.492 e. The van der Waals surface area contributed by atoms with Gasteiger partial charge in [0.1, 0.15) is 16.7 Å². The number of anilines is 1. The summed E-state index contributed by atoms with van der Waals surface area (Å²) in [5, 5.41) is 0.254. The van der Waals surface area contributed by atoms with Crippen molar-refractivity contribution in [1.82, 2.24) is 4.98 Å². The molecule has 1 aromatic heterocycles. The van der Waals surface area contributed by atoms with Crippen LogP contribution in [0.25, 0.3) is 0 Å². The van der Waals surface area contributed by atoms with Crippen molar-refractivity contribution >= 4 is 33.3 Å². The van der Waals surface area contributed by atoms with E-state index < -0.39 is 6.29 Å². The van der Waals surface area contributed by atoms with Crippen molar-refractivity contribution in [2.45, 2.75) is 12.2 Å². The molecule has 1 atom stereocenters. The van der Waals surface area contributed by atoms with E-state index in [4.69, 9.17) is 36.3 Å². The summed E-state index contributed by atoms with van der Waals surface area (Å²) in [6, 6.07) is 4.62. The van der Waals surface area contributed by atoms with Gasteiger partial charge in [-0.05, 0) is 28.1 Å². The van der Waals surface area contributed by atoms with E-state index in [0.29, 0.717) is 46.9 Å². The standard InChI is InChI=1S/C17H15BrClFN2O4/c18-9-5-12(16(21)22-15(9)19)26-7-8-6-25-11-2-1-10(20)14(13(8)11)17-23-3-4-24-17/h1-2,5,8,17H,3-4,6-7H2,(H2,21,22). The van der Waals surface area contributed by atoms with Crippen LogP contribution >= 0.6 is 27.5 Å². The van der Waals surface area contributed by atoms with Gasteiger partial charge in [-0.25, -0.2) is 9.37 Å². The summed E-state index contributed by atoms with van der Waals surface area (Å²) in [5.41, 5.74) is 6.93. The Balaban J connectivity index is 1.60. The summed E-state index contributed by atoms with van der Waals surface area (Å²) < 4.78 is 37.6. The summed E-state index contributed by atoms with van der Waals surface area (Å²) in [7, 11) is 0. The van der Waals surface area contributed by atoms with Crippen molar-refractivity contribution in [3.63, 3.8) is 0 Å². The van der Waals surface area contributed by atoms with E-state index in [1.807, 2.05) is 0 Å². The number of pyridine rings is 1. The molecule has 2 N–H and O–H groups in total. The van der Waals surface area contributed by atoms with Crippen LogP contribution < -0.4 is 15.2 Å². The number of nitrogens with two attached hydrogens (primary N) is 1. The fourth-order valence-corrected chi connectivity index (χ4v) is 3.52. The lowest BCUT2D eigenvalue weighted by Gasteiger charge is -2.18. The number of hydrogen-bond acceptors (Lipinski definition) is 6. The van der Waals surface area contributed by atoms with Gasteiger partial charge in [-0.15, -0.1) is 0 Å². The Kier molecular flexibility index (Phi) is 4.92. The number of benzene rings is 1. The summed E-state index contributed by atoms with van der Waals surface area (Å²) >= 11 is 9.20. The largest absolute Gasteiger partial charge is 0.492 e. The van der Waals surface area contributed by atoms with E-state index in [9.17, 15) is 4.39 Å². The van der Waals surface area contributed by atoms with Gasteiger partial charge in [0.2, 0.25) is 0 Å². The molecule has 0 aliphatic carbocycles. The molecule has 1 unspecified atom stereocenters. The quantitative estimate of drug-likeness (QED) is 0.721. The number of nitrogen functional groups attached to an aromatic ring is 1. The molecule has 2 aliphatic rings. The molecule has 1 saturated heterocycles. The lowest BCUT2D eigenvalue weighted by molar-refractivity contribution is -0.0472. The van der Waals surface area contributed by atoms with Crippen LogP contribution in [0.4, 0.5) is 10.2 Å². The first-order valence-electron chi connectivity index (χ1n) is 7.97. The van der Waals surface area contributed by atoms with Crippen molar-refractivity contribution in [3.05, 3.63) is 44.8 Å². The molecule has 138 valence electrons. The third-order valence-electron chi connectivity index (χ3n) is 4.27. The molecular weight excluding hydrogens is 431 g/mol. The van der Waals surface area contributed by atoms with Crippen LogP contribution in [0.15, 0.2) is 22.7 Å². The fraction of sp³-hybridized carbons (Fsp3) is 0.353. The Labute approximate surface area is 162 Å². The van der Waals surface area contributed by atoms with Crippen LogP contribution in [0.1, 0.15) is 23.3 Å². The number of rotatable bonds is 4. The number of fused-ring (bicyclic) bond motifs is 1. The summed E-state index contributed by atoms with van der Waals surface area (Å²) in [6.07, 6.45) is -0.731. The van der Waals surface area contributed by atoms with Gasteiger partial charge < -0.3 is 24.7 Å². The van der Waals surface area contributed by atoms with Crippen LogP contribution in [0.3, 0.4) is 0 Å². The molecule has 0 radical (unpaired) electrons. The maximum absolute atomic E-state index is 14.5. The molecule has 0 spiro atoms. The van der Waals surface area contributed by atoms with Crippen molar-refractivity contribution in [3.8, 4) is 11.5 Å². The molecular formula is C17H15BrClFN2O4. The lowest BCUT2D eigenvalue weighted by atomic mass is 9.95. The first-order valence-corrected chi connectivity index (χ1v) is 9.14. The molecule has 0 saturated carbocycles. The highest BCUT2D eigenvalue weighted by atomic mass is 79.9. The van der Waals surface area contributed by atoms with Crippen molar-refractivity contribution < 1.29 is 23.3 Å².